The standard InChI is InChI=1S/C24H18Br2ClF9OS/c1-12(10-38-11-22(28,29)30)6-20(37)15-4-2-13(7-17(15)24(34,35)36)3-5-16(23(31,32)33)14-8-18(25)21(27)19(26)9-14/h2-5,7-9,12,16H,6,10-11H2,1H3/b5-3+/t12-,16?/m0/s1. The first-order chi connectivity index (χ1) is 17.3. The molecule has 0 saturated heterocycles. The Morgan fingerprint density at radius 2 is 1.58 bits per heavy atom. The Morgan fingerprint density at radius 1 is 1.00 bits per heavy atom. The number of carbonyl (C=O) groups excluding carboxylic acids is 1. The highest BCUT2D eigenvalue weighted by molar-refractivity contribution is 9.11. The molecule has 0 N–H and O–H groups in total. The maximum absolute atomic E-state index is 13.8. The molecule has 0 aliphatic rings. The second-order valence-corrected chi connectivity index (χ2v) is 11.5. The minimum atomic E-state index is -5.00. The lowest BCUT2D eigenvalue weighted by Gasteiger charge is -2.19. The van der Waals surface area contributed by atoms with Crippen LogP contribution in [0.15, 0.2) is 45.4 Å². The summed E-state index contributed by atoms with van der Waals surface area (Å²) in [5.41, 5.74) is -2.51. The summed E-state index contributed by atoms with van der Waals surface area (Å²) in [4.78, 5) is 12.5. The Morgan fingerprint density at radius 3 is 2.08 bits per heavy atom. The van der Waals surface area contributed by atoms with Crippen LogP contribution in [0.4, 0.5) is 39.5 Å². The fourth-order valence-corrected chi connectivity index (χ4v) is 5.58. The van der Waals surface area contributed by atoms with Crippen molar-refractivity contribution in [1.29, 1.82) is 0 Å². The van der Waals surface area contributed by atoms with Gasteiger partial charge in [0.25, 0.3) is 0 Å². The van der Waals surface area contributed by atoms with E-state index in [4.69, 9.17) is 11.6 Å². The van der Waals surface area contributed by atoms with Crippen LogP contribution in [0.25, 0.3) is 6.08 Å². The highest BCUT2D eigenvalue weighted by atomic mass is 79.9. The van der Waals surface area contributed by atoms with Crippen molar-refractivity contribution in [2.45, 2.75) is 37.8 Å². The average molecular weight is 721 g/mol. The largest absolute Gasteiger partial charge is 0.417 e. The van der Waals surface area contributed by atoms with Gasteiger partial charge in [-0.1, -0.05) is 42.8 Å². The minimum absolute atomic E-state index is 0.0941. The van der Waals surface area contributed by atoms with E-state index in [2.05, 4.69) is 31.9 Å². The van der Waals surface area contributed by atoms with Crippen molar-refractivity contribution in [2.24, 2.45) is 5.92 Å². The first-order valence-electron chi connectivity index (χ1n) is 10.6. The molecule has 2 aromatic carbocycles. The number of carbonyl (C=O) groups is 1. The van der Waals surface area contributed by atoms with E-state index in [0.717, 1.165) is 30.3 Å². The van der Waals surface area contributed by atoms with E-state index < -0.39 is 59.4 Å². The van der Waals surface area contributed by atoms with Gasteiger partial charge in [-0.3, -0.25) is 4.79 Å². The molecule has 2 rings (SSSR count). The summed E-state index contributed by atoms with van der Waals surface area (Å²) in [6, 6.07) is 4.79. The molecular formula is C24H18Br2ClF9OS. The van der Waals surface area contributed by atoms with Gasteiger partial charge in [0.2, 0.25) is 0 Å². The molecule has 2 aromatic rings. The summed E-state index contributed by atoms with van der Waals surface area (Å²) < 4.78 is 120. The quantitative estimate of drug-likeness (QED) is 0.146. The second-order valence-electron chi connectivity index (χ2n) is 8.34. The zero-order valence-electron chi connectivity index (χ0n) is 19.2. The third-order valence-corrected chi connectivity index (χ3v) is 8.50. The second kappa shape index (κ2) is 13.0. The molecule has 1 unspecified atom stereocenters. The van der Waals surface area contributed by atoms with Gasteiger partial charge in [0.05, 0.1) is 22.3 Å². The molecule has 0 aliphatic carbocycles. The van der Waals surface area contributed by atoms with E-state index >= 15 is 0 Å². The molecule has 210 valence electrons. The first-order valence-corrected chi connectivity index (χ1v) is 13.7. The Balaban J connectivity index is 2.34. The summed E-state index contributed by atoms with van der Waals surface area (Å²) in [6.07, 6.45) is -13.1. The topological polar surface area (TPSA) is 17.1 Å². The lowest BCUT2D eigenvalue weighted by Crippen LogP contribution is -2.19. The van der Waals surface area contributed by atoms with Crippen LogP contribution in [0.1, 0.15) is 46.3 Å². The van der Waals surface area contributed by atoms with Crippen LogP contribution in [0.5, 0.6) is 0 Å². The molecule has 0 spiro atoms. The number of rotatable bonds is 9. The van der Waals surface area contributed by atoms with Crippen molar-refractivity contribution in [2.75, 3.05) is 11.5 Å². The number of benzene rings is 2. The van der Waals surface area contributed by atoms with Crippen LogP contribution in [0.3, 0.4) is 0 Å². The molecule has 0 aliphatic heterocycles. The van der Waals surface area contributed by atoms with Crippen LogP contribution in [-0.2, 0) is 6.18 Å². The van der Waals surface area contributed by atoms with E-state index in [1.165, 1.54) is 6.92 Å². The van der Waals surface area contributed by atoms with Crippen molar-refractivity contribution in [3.63, 3.8) is 0 Å². The molecule has 38 heavy (non-hydrogen) atoms. The SMILES string of the molecule is C[C@H](CSCC(F)(F)F)CC(=O)c1ccc(/C=C/C(c2cc(Br)c(Cl)c(Br)c2)C(F)(F)F)cc1C(F)(F)F. The van der Waals surface area contributed by atoms with E-state index in [0.29, 0.717) is 23.9 Å². The van der Waals surface area contributed by atoms with Gasteiger partial charge < -0.3 is 0 Å². The molecule has 0 bridgehead atoms. The number of alkyl halides is 9. The Hall–Kier alpha value is -1.18. The molecule has 0 radical (unpaired) electrons. The summed E-state index contributed by atoms with van der Waals surface area (Å²) in [7, 11) is 0. The fourth-order valence-electron chi connectivity index (χ4n) is 3.38. The fraction of sp³-hybridized carbons (Fsp3) is 0.375. The predicted molar refractivity (Wildman–Crippen MR) is 138 cm³/mol. The number of Topliss-reactive ketones (excluding diaryl/α,β-unsaturated/α-hetero) is 1. The van der Waals surface area contributed by atoms with E-state index in [1.54, 1.807) is 0 Å². The van der Waals surface area contributed by atoms with Gasteiger partial charge in [-0.2, -0.15) is 51.3 Å². The molecule has 0 saturated carbocycles. The van der Waals surface area contributed by atoms with Gasteiger partial charge in [0, 0.05) is 20.9 Å². The van der Waals surface area contributed by atoms with Crippen LogP contribution in [0.2, 0.25) is 5.02 Å². The smallest absolute Gasteiger partial charge is 0.294 e. The Bertz CT molecular complexity index is 1150. The zero-order chi connectivity index (χ0) is 29.1. The number of allylic oxidation sites excluding steroid dienone is 1. The van der Waals surface area contributed by atoms with Crippen molar-refractivity contribution in [3.05, 3.63) is 72.6 Å². The molecule has 2 atom stereocenters. The van der Waals surface area contributed by atoms with Crippen LogP contribution in [0, 0.1) is 5.92 Å². The maximum Gasteiger partial charge on any atom is 0.417 e. The van der Waals surface area contributed by atoms with Crippen LogP contribution < -0.4 is 0 Å². The first kappa shape index (κ1) is 33.0. The van der Waals surface area contributed by atoms with Gasteiger partial charge >= 0.3 is 18.5 Å². The monoisotopic (exact) mass is 718 g/mol. The summed E-state index contributed by atoms with van der Waals surface area (Å²) in [5, 5.41) is 0.141. The lowest BCUT2D eigenvalue weighted by molar-refractivity contribution is -0.139. The molecule has 14 heteroatoms. The molecular weight excluding hydrogens is 703 g/mol. The summed E-state index contributed by atoms with van der Waals surface area (Å²) >= 11 is 12.6. The lowest BCUT2D eigenvalue weighted by atomic mass is 9.93. The average Bonchev–Trinajstić information content (AvgIpc) is 2.74. The Labute approximate surface area is 238 Å². The normalized spacial score (nSPS) is 14.7. The predicted octanol–water partition coefficient (Wildman–Crippen LogP) is 10.7. The Kier molecular flexibility index (Phi) is 11.3. The van der Waals surface area contributed by atoms with Gasteiger partial charge in [0.15, 0.2) is 5.78 Å². The van der Waals surface area contributed by atoms with Crippen molar-refractivity contribution < 1.29 is 44.3 Å². The molecule has 0 heterocycles. The van der Waals surface area contributed by atoms with Gasteiger partial charge in [-0.15, -0.1) is 0 Å². The number of halogens is 12. The molecule has 0 fully saturated rings. The molecule has 0 aromatic heterocycles. The number of hydrogen-bond acceptors (Lipinski definition) is 2. The summed E-state index contributed by atoms with van der Waals surface area (Å²) in [6.45, 7) is 1.44. The van der Waals surface area contributed by atoms with E-state index in [1.807, 2.05) is 0 Å². The molecule has 1 nitrogen and oxygen atoms in total. The number of thioether (sulfide) groups is 1. The molecule has 0 amide bonds. The minimum Gasteiger partial charge on any atom is -0.294 e. The van der Waals surface area contributed by atoms with Crippen LogP contribution >= 0.6 is 55.2 Å². The van der Waals surface area contributed by atoms with Gasteiger partial charge in [-0.05, 0) is 72.9 Å². The third-order valence-electron chi connectivity index (χ3n) is 5.05. The maximum atomic E-state index is 13.8. The van der Waals surface area contributed by atoms with E-state index in [9.17, 15) is 44.3 Å². The van der Waals surface area contributed by atoms with Crippen LogP contribution in [-0.4, -0.2) is 29.6 Å². The number of ketones is 1. The highest BCUT2D eigenvalue weighted by Crippen LogP contribution is 2.41. The van der Waals surface area contributed by atoms with Gasteiger partial charge in [-0.25, -0.2) is 0 Å². The highest BCUT2D eigenvalue weighted by Gasteiger charge is 2.40. The van der Waals surface area contributed by atoms with E-state index in [-0.39, 0.29) is 30.8 Å². The van der Waals surface area contributed by atoms with Crippen molar-refractivity contribution in [1.82, 2.24) is 0 Å². The van der Waals surface area contributed by atoms with Crippen molar-refractivity contribution >= 4 is 67.1 Å². The number of hydrogen-bond donors (Lipinski definition) is 0. The third kappa shape index (κ3) is 9.78. The summed E-state index contributed by atoms with van der Waals surface area (Å²) in [5.74, 6) is -5.00. The zero-order valence-corrected chi connectivity index (χ0v) is 23.9. The van der Waals surface area contributed by atoms with Gasteiger partial charge in [0.1, 0.15) is 0 Å². The van der Waals surface area contributed by atoms with Crippen molar-refractivity contribution in [3.8, 4) is 0 Å².